The normalized spacial score (nSPS) is 11.9. The summed E-state index contributed by atoms with van der Waals surface area (Å²) >= 11 is 0. The first-order chi connectivity index (χ1) is 9.60. The average Bonchev–Trinajstić information content (AvgIpc) is 2.92. The van der Waals surface area contributed by atoms with Crippen LogP contribution >= 0.6 is 0 Å². The van der Waals surface area contributed by atoms with Crippen molar-refractivity contribution in [2.24, 2.45) is 0 Å². The summed E-state index contributed by atoms with van der Waals surface area (Å²) in [6.07, 6.45) is 3.36. The molecule has 0 radical (unpaired) electrons. The van der Waals surface area contributed by atoms with Crippen molar-refractivity contribution in [3.05, 3.63) is 42.0 Å². The number of carbonyl (C=O) groups excluding carboxylic acids is 1. The van der Waals surface area contributed by atoms with E-state index >= 15 is 0 Å². The Bertz CT molecular complexity index is 581. The molecule has 1 unspecified atom stereocenters. The van der Waals surface area contributed by atoms with Crippen molar-refractivity contribution in [3.63, 3.8) is 0 Å². The highest BCUT2D eigenvalue weighted by Gasteiger charge is 2.14. The molecule has 2 aromatic rings. The number of H-pyrrole nitrogens is 1. The van der Waals surface area contributed by atoms with Gasteiger partial charge in [-0.3, -0.25) is 4.79 Å². The van der Waals surface area contributed by atoms with Crippen LogP contribution in [-0.4, -0.2) is 22.5 Å². The van der Waals surface area contributed by atoms with Crippen LogP contribution in [0.3, 0.4) is 0 Å². The van der Waals surface area contributed by atoms with E-state index < -0.39 is 0 Å². The number of ether oxygens (including phenoxy) is 1. The maximum atomic E-state index is 12.2. The molecule has 1 amide bonds. The summed E-state index contributed by atoms with van der Waals surface area (Å²) in [5.74, 6) is 1.07. The molecule has 1 heterocycles. The molecule has 0 fully saturated rings. The molecule has 0 bridgehead atoms. The molecule has 1 atom stereocenters. The van der Waals surface area contributed by atoms with Gasteiger partial charge in [0.1, 0.15) is 11.6 Å². The van der Waals surface area contributed by atoms with Crippen molar-refractivity contribution in [2.45, 2.75) is 19.9 Å². The molecular weight excluding hydrogens is 256 g/mol. The molecule has 1 aromatic carbocycles. The smallest absolute Gasteiger partial charge is 0.252 e. The number of nitrogens with one attached hydrogen (secondary N) is 2. The van der Waals surface area contributed by atoms with Gasteiger partial charge >= 0.3 is 0 Å². The highest BCUT2D eigenvalue weighted by atomic mass is 16.5. The Morgan fingerprint density at radius 2 is 2.30 bits per heavy atom. The van der Waals surface area contributed by atoms with Gasteiger partial charge in [-0.1, -0.05) is 0 Å². The summed E-state index contributed by atoms with van der Waals surface area (Å²) in [5.41, 5.74) is 6.73. The molecule has 0 spiro atoms. The molecule has 2 rings (SSSR count). The van der Waals surface area contributed by atoms with Gasteiger partial charge in [0.2, 0.25) is 0 Å². The number of aromatic amines is 1. The molecule has 0 aliphatic heterocycles. The molecule has 0 saturated carbocycles. The van der Waals surface area contributed by atoms with Crippen LogP contribution in [0.15, 0.2) is 30.6 Å². The number of hydrogen-bond acceptors (Lipinski definition) is 4. The molecule has 6 heteroatoms. The number of aromatic nitrogens is 2. The molecular formula is C14H18N4O2. The number of nitrogens with zero attached hydrogens (tertiary/aromatic N) is 1. The predicted octanol–water partition coefficient (Wildman–Crippen LogP) is 1.88. The zero-order valence-electron chi connectivity index (χ0n) is 11.5. The molecule has 6 nitrogen and oxygen atoms in total. The van der Waals surface area contributed by atoms with Gasteiger partial charge in [0.25, 0.3) is 5.91 Å². The van der Waals surface area contributed by atoms with Crippen molar-refractivity contribution in [2.75, 3.05) is 12.3 Å². The van der Waals surface area contributed by atoms with Gasteiger partial charge in [0.15, 0.2) is 0 Å². The van der Waals surface area contributed by atoms with Gasteiger partial charge in [0.05, 0.1) is 12.6 Å². The summed E-state index contributed by atoms with van der Waals surface area (Å²) in [4.78, 5) is 19.3. The van der Waals surface area contributed by atoms with E-state index in [0.29, 0.717) is 29.4 Å². The molecule has 1 aromatic heterocycles. The van der Waals surface area contributed by atoms with Gasteiger partial charge in [-0.15, -0.1) is 0 Å². The second-order valence-electron chi connectivity index (χ2n) is 4.39. The molecule has 0 aliphatic carbocycles. The van der Waals surface area contributed by atoms with Gasteiger partial charge < -0.3 is 20.8 Å². The average molecular weight is 274 g/mol. The van der Waals surface area contributed by atoms with Crippen LogP contribution in [0.4, 0.5) is 5.69 Å². The summed E-state index contributed by atoms with van der Waals surface area (Å²) in [6, 6.07) is 4.77. The lowest BCUT2D eigenvalue weighted by Gasteiger charge is -2.13. The van der Waals surface area contributed by atoms with Crippen molar-refractivity contribution < 1.29 is 9.53 Å². The highest BCUT2D eigenvalue weighted by Crippen LogP contribution is 2.19. The Morgan fingerprint density at radius 3 is 2.95 bits per heavy atom. The van der Waals surface area contributed by atoms with Crippen LogP contribution < -0.4 is 15.8 Å². The number of rotatable bonds is 5. The van der Waals surface area contributed by atoms with Crippen LogP contribution in [0.5, 0.6) is 5.75 Å². The van der Waals surface area contributed by atoms with Crippen molar-refractivity contribution in [1.29, 1.82) is 0 Å². The Kier molecular flexibility index (Phi) is 4.24. The fourth-order valence-corrected chi connectivity index (χ4v) is 1.87. The van der Waals surface area contributed by atoms with Crippen LogP contribution in [0.1, 0.15) is 36.1 Å². The van der Waals surface area contributed by atoms with Gasteiger partial charge in [-0.2, -0.15) is 0 Å². The fraction of sp³-hybridized carbons (Fsp3) is 0.286. The number of nitrogens with two attached hydrogens (primary N) is 1. The minimum absolute atomic E-state index is 0.213. The third kappa shape index (κ3) is 3.28. The van der Waals surface area contributed by atoms with Gasteiger partial charge in [-0.25, -0.2) is 4.98 Å². The lowest BCUT2D eigenvalue weighted by Crippen LogP contribution is -2.27. The van der Waals surface area contributed by atoms with Gasteiger partial charge in [-0.05, 0) is 26.0 Å². The zero-order chi connectivity index (χ0) is 14.5. The van der Waals surface area contributed by atoms with E-state index in [1.165, 1.54) is 0 Å². The van der Waals surface area contributed by atoms with Crippen LogP contribution in [0.2, 0.25) is 0 Å². The number of amides is 1. The van der Waals surface area contributed by atoms with E-state index in [-0.39, 0.29) is 11.9 Å². The number of anilines is 1. The minimum atomic E-state index is -0.220. The standard InChI is InChI=1S/C14H18N4O2/c1-3-20-12-7-10(6-11(15)8-12)14(19)18-9(2)13-16-4-5-17-13/h4-9H,3,15H2,1-2H3,(H,16,17)(H,18,19). The van der Waals surface area contributed by atoms with E-state index in [0.717, 1.165) is 0 Å². The van der Waals surface area contributed by atoms with E-state index in [1.807, 2.05) is 13.8 Å². The minimum Gasteiger partial charge on any atom is -0.494 e. The molecule has 106 valence electrons. The summed E-state index contributed by atoms with van der Waals surface area (Å²) < 4.78 is 5.38. The lowest BCUT2D eigenvalue weighted by molar-refractivity contribution is 0.0938. The number of hydrogen-bond donors (Lipinski definition) is 3. The van der Waals surface area contributed by atoms with Crippen LogP contribution in [0, 0.1) is 0 Å². The quantitative estimate of drug-likeness (QED) is 0.726. The maximum absolute atomic E-state index is 12.2. The Balaban J connectivity index is 2.12. The highest BCUT2D eigenvalue weighted by molar-refractivity contribution is 5.95. The third-order valence-electron chi connectivity index (χ3n) is 2.78. The Labute approximate surface area is 117 Å². The predicted molar refractivity (Wildman–Crippen MR) is 76.5 cm³/mol. The summed E-state index contributed by atoms with van der Waals surface area (Å²) in [5, 5.41) is 2.85. The number of nitrogen functional groups attached to an aromatic ring is 1. The lowest BCUT2D eigenvalue weighted by atomic mass is 10.1. The monoisotopic (exact) mass is 274 g/mol. The molecule has 4 N–H and O–H groups in total. The third-order valence-corrected chi connectivity index (χ3v) is 2.78. The first kappa shape index (κ1) is 13.9. The summed E-state index contributed by atoms with van der Waals surface area (Å²) in [6.45, 7) is 4.25. The number of carbonyl (C=O) groups is 1. The number of imidazole rings is 1. The van der Waals surface area contributed by atoms with Crippen molar-refractivity contribution >= 4 is 11.6 Å². The largest absolute Gasteiger partial charge is 0.494 e. The van der Waals surface area contributed by atoms with Gasteiger partial charge in [0, 0.05) is 29.7 Å². The zero-order valence-corrected chi connectivity index (χ0v) is 11.5. The Hall–Kier alpha value is -2.50. The maximum Gasteiger partial charge on any atom is 0.252 e. The second kappa shape index (κ2) is 6.10. The van der Waals surface area contributed by atoms with Crippen molar-refractivity contribution in [1.82, 2.24) is 15.3 Å². The first-order valence-electron chi connectivity index (χ1n) is 6.43. The molecule has 20 heavy (non-hydrogen) atoms. The fourth-order valence-electron chi connectivity index (χ4n) is 1.87. The van der Waals surface area contributed by atoms with Crippen LogP contribution in [-0.2, 0) is 0 Å². The van der Waals surface area contributed by atoms with E-state index in [4.69, 9.17) is 10.5 Å². The van der Waals surface area contributed by atoms with E-state index in [2.05, 4.69) is 15.3 Å². The molecule has 0 saturated heterocycles. The number of benzene rings is 1. The Morgan fingerprint density at radius 1 is 1.50 bits per heavy atom. The topological polar surface area (TPSA) is 93.0 Å². The van der Waals surface area contributed by atoms with E-state index in [1.54, 1.807) is 30.6 Å². The van der Waals surface area contributed by atoms with Crippen LogP contribution in [0.25, 0.3) is 0 Å². The van der Waals surface area contributed by atoms with Crippen molar-refractivity contribution in [3.8, 4) is 5.75 Å². The second-order valence-corrected chi connectivity index (χ2v) is 4.39. The summed E-state index contributed by atoms with van der Waals surface area (Å²) in [7, 11) is 0. The molecule has 0 aliphatic rings. The SMILES string of the molecule is CCOc1cc(N)cc(C(=O)NC(C)c2ncc[nH]2)c1. The first-order valence-corrected chi connectivity index (χ1v) is 6.43. The van der Waals surface area contributed by atoms with E-state index in [9.17, 15) is 4.79 Å².